The summed E-state index contributed by atoms with van der Waals surface area (Å²) in [5.74, 6) is 0.668. The van der Waals surface area contributed by atoms with Crippen molar-refractivity contribution in [3.8, 4) is 5.75 Å². The first-order valence-electron chi connectivity index (χ1n) is 10.3. The van der Waals surface area contributed by atoms with Gasteiger partial charge in [0.2, 0.25) is 0 Å². The van der Waals surface area contributed by atoms with E-state index in [9.17, 15) is 9.59 Å². The van der Waals surface area contributed by atoms with Crippen LogP contribution in [0, 0.1) is 5.92 Å². The number of esters is 1. The van der Waals surface area contributed by atoms with Crippen molar-refractivity contribution in [1.29, 1.82) is 0 Å². The molecular formula is C23H27N3O5. The lowest BCUT2D eigenvalue weighted by Gasteiger charge is -2.19. The number of benzene rings is 1. The Bertz CT molecular complexity index is 1030. The van der Waals surface area contributed by atoms with Gasteiger partial charge in [-0.3, -0.25) is 14.6 Å². The highest BCUT2D eigenvalue weighted by Gasteiger charge is 2.21. The molecule has 0 bridgehead atoms. The van der Waals surface area contributed by atoms with E-state index < -0.39 is 5.91 Å². The Balaban J connectivity index is 1.62. The summed E-state index contributed by atoms with van der Waals surface area (Å²) in [6, 6.07) is 8.78. The molecule has 0 fully saturated rings. The predicted molar refractivity (Wildman–Crippen MR) is 115 cm³/mol. The van der Waals surface area contributed by atoms with E-state index in [0.29, 0.717) is 30.5 Å². The highest BCUT2D eigenvalue weighted by molar-refractivity contribution is 5.92. The minimum Gasteiger partial charge on any atom is -0.485 e. The van der Waals surface area contributed by atoms with Gasteiger partial charge in [-0.1, -0.05) is 31.1 Å². The van der Waals surface area contributed by atoms with Gasteiger partial charge in [-0.2, -0.15) is 0 Å². The van der Waals surface area contributed by atoms with Gasteiger partial charge in [-0.05, 0) is 31.4 Å². The van der Waals surface area contributed by atoms with Crippen LogP contribution >= 0.6 is 0 Å². The van der Waals surface area contributed by atoms with Gasteiger partial charge in [0.25, 0.3) is 5.91 Å². The predicted octanol–water partition coefficient (Wildman–Crippen LogP) is 3.90. The van der Waals surface area contributed by atoms with Crippen LogP contribution < -0.4 is 10.1 Å². The van der Waals surface area contributed by atoms with Crippen molar-refractivity contribution < 1.29 is 23.6 Å². The van der Waals surface area contributed by atoms with Crippen molar-refractivity contribution in [1.82, 2.24) is 15.5 Å². The second-order valence-electron chi connectivity index (χ2n) is 7.63. The van der Waals surface area contributed by atoms with Gasteiger partial charge in [0.1, 0.15) is 12.4 Å². The minimum atomic E-state index is -0.402. The van der Waals surface area contributed by atoms with Crippen LogP contribution in [0.3, 0.4) is 0 Å². The summed E-state index contributed by atoms with van der Waals surface area (Å²) in [5.41, 5.74) is 0.137. The van der Waals surface area contributed by atoms with E-state index in [4.69, 9.17) is 14.0 Å². The van der Waals surface area contributed by atoms with Gasteiger partial charge in [-0.15, -0.1) is 0 Å². The number of carbonyl (C=O) groups is 2. The molecule has 2 heterocycles. The van der Waals surface area contributed by atoms with E-state index in [0.717, 1.165) is 10.8 Å². The maximum absolute atomic E-state index is 12.6. The van der Waals surface area contributed by atoms with Crippen LogP contribution in [-0.4, -0.2) is 34.7 Å². The van der Waals surface area contributed by atoms with E-state index in [2.05, 4.69) is 15.5 Å². The number of nitrogens with one attached hydrogen (secondary N) is 1. The van der Waals surface area contributed by atoms with Gasteiger partial charge >= 0.3 is 5.97 Å². The summed E-state index contributed by atoms with van der Waals surface area (Å²) >= 11 is 0. The largest absolute Gasteiger partial charge is 0.485 e. The monoisotopic (exact) mass is 425 g/mol. The molecule has 0 saturated carbocycles. The lowest BCUT2D eigenvalue weighted by Crippen LogP contribution is -2.38. The second-order valence-corrected chi connectivity index (χ2v) is 7.63. The number of carbonyl (C=O) groups excluding carboxylic acids is 2. The highest BCUT2D eigenvalue weighted by atomic mass is 16.5. The second kappa shape index (κ2) is 10.6. The fourth-order valence-electron chi connectivity index (χ4n) is 3.30. The van der Waals surface area contributed by atoms with Crippen molar-refractivity contribution in [3.05, 3.63) is 54.2 Å². The van der Waals surface area contributed by atoms with Crippen molar-refractivity contribution >= 4 is 22.6 Å². The number of amides is 1. The Hall–Kier alpha value is -3.42. The number of hydrogen-bond acceptors (Lipinski definition) is 7. The molecule has 1 aromatic carbocycles. The maximum atomic E-state index is 12.6. The molecule has 0 saturated heterocycles. The average molecular weight is 425 g/mol. The lowest BCUT2D eigenvalue weighted by atomic mass is 10.0. The molecule has 2 aromatic heterocycles. The minimum absolute atomic E-state index is 0.113. The van der Waals surface area contributed by atoms with E-state index in [1.54, 1.807) is 25.4 Å². The summed E-state index contributed by atoms with van der Waals surface area (Å²) in [6.07, 6.45) is 4.23. The summed E-state index contributed by atoms with van der Waals surface area (Å²) in [6.45, 7) is 6.24. The van der Waals surface area contributed by atoms with Crippen LogP contribution in [0.15, 0.2) is 47.2 Å². The molecule has 31 heavy (non-hydrogen) atoms. The van der Waals surface area contributed by atoms with Crippen LogP contribution in [0.1, 0.15) is 49.9 Å². The molecule has 0 aliphatic rings. The van der Waals surface area contributed by atoms with Crippen molar-refractivity contribution in [2.75, 3.05) is 6.61 Å². The van der Waals surface area contributed by atoms with Gasteiger partial charge in [0.15, 0.2) is 11.5 Å². The van der Waals surface area contributed by atoms with Gasteiger partial charge in [-0.25, -0.2) is 0 Å². The summed E-state index contributed by atoms with van der Waals surface area (Å²) in [4.78, 5) is 28.6. The molecule has 0 aliphatic heterocycles. The van der Waals surface area contributed by atoms with Crippen LogP contribution in [-0.2, 0) is 16.1 Å². The molecule has 1 N–H and O–H groups in total. The standard InChI is InChI=1S/C23H27N3O5/c1-4-29-22(27)11-17(10-15(2)3)25-23(28)20-12-18(31-26-20)14-30-21-7-5-6-16-13-24-9-8-19(16)21/h5-9,12-13,15,17H,4,10-11,14H2,1-3H3,(H,25,28). The maximum Gasteiger partial charge on any atom is 0.307 e. The van der Waals surface area contributed by atoms with Crippen LogP contribution in [0.25, 0.3) is 10.8 Å². The van der Waals surface area contributed by atoms with E-state index in [-0.39, 0.29) is 30.7 Å². The molecule has 3 aromatic rings. The smallest absolute Gasteiger partial charge is 0.307 e. The van der Waals surface area contributed by atoms with Crippen LogP contribution in [0.2, 0.25) is 0 Å². The molecule has 164 valence electrons. The molecule has 1 atom stereocenters. The molecule has 0 radical (unpaired) electrons. The SMILES string of the molecule is CCOC(=O)CC(CC(C)C)NC(=O)c1cc(COc2cccc3cnccc23)on1. The zero-order chi connectivity index (χ0) is 22.2. The van der Waals surface area contributed by atoms with Crippen LogP contribution in [0.4, 0.5) is 0 Å². The number of pyridine rings is 1. The summed E-state index contributed by atoms with van der Waals surface area (Å²) in [7, 11) is 0. The average Bonchev–Trinajstić information content (AvgIpc) is 3.21. The number of rotatable bonds is 10. The first kappa shape index (κ1) is 22.3. The molecule has 0 aliphatic carbocycles. The highest BCUT2D eigenvalue weighted by Crippen LogP contribution is 2.25. The van der Waals surface area contributed by atoms with E-state index in [1.807, 2.05) is 38.1 Å². The Kier molecular flexibility index (Phi) is 7.59. The molecule has 0 spiro atoms. The molecule has 8 nitrogen and oxygen atoms in total. The van der Waals surface area contributed by atoms with E-state index >= 15 is 0 Å². The topological polar surface area (TPSA) is 104 Å². The molecule has 8 heteroatoms. The quantitative estimate of drug-likeness (QED) is 0.491. The Morgan fingerprint density at radius 2 is 2.06 bits per heavy atom. The first-order valence-corrected chi connectivity index (χ1v) is 10.3. The zero-order valence-electron chi connectivity index (χ0n) is 18.0. The summed E-state index contributed by atoms with van der Waals surface area (Å²) < 4.78 is 16.1. The zero-order valence-corrected chi connectivity index (χ0v) is 18.0. The number of aromatic nitrogens is 2. The third kappa shape index (κ3) is 6.28. The first-order chi connectivity index (χ1) is 15.0. The Morgan fingerprint density at radius 3 is 2.84 bits per heavy atom. The molecule has 1 amide bonds. The number of fused-ring (bicyclic) bond motifs is 1. The number of nitrogens with zero attached hydrogens (tertiary/aromatic N) is 2. The Morgan fingerprint density at radius 1 is 1.23 bits per heavy atom. The van der Waals surface area contributed by atoms with E-state index in [1.165, 1.54) is 0 Å². The number of hydrogen-bond donors (Lipinski definition) is 1. The van der Waals surface area contributed by atoms with Gasteiger partial charge in [0, 0.05) is 35.3 Å². The third-order valence-electron chi connectivity index (χ3n) is 4.61. The summed E-state index contributed by atoms with van der Waals surface area (Å²) in [5, 5.41) is 8.60. The Labute approximate surface area is 180 Å². The fourth-order valence-corrected chi connectivity index (χ4v) is 3.30. The molecule has 1 unspecified atom stereocenters. The van der Waals surface area contributed by atoms with Crippen molar-refractivity contribution in [2.24, 2.45) is 5.92 Å². The fraction of sp³-hybridized carbons (Fsp3) is 0.391. The molecular weight excluding hydrogens is 398 g/mol. The lowest BCUT2D eigenvalue weighted by molar-refractivity contribution is -0.143. The van der Waals surface area contributed by atoms with Gasteiger partial charge in [0.05, 0.1) is 13.0 Å². The normalized spacial score (nSPS) is 12.0. The van der Waals surface area contributed by atoms with Gasteiger partial charge < -0.3 is 19.3 Å². The molecule has 3 rings (SSSR count). The van der Waals surface area contributed by atoms with Crippen molar-refractivity contribution in [3.63, 3.8) is 0 Å². The van der Waals surface area contributed by atoms with Crippen LogP contribution in [0.5, 0.6) is 5.75 Å². The third-order valence-corrected chi connectivity index (χ3v) is 4.61. The number of ether oxygens (including phenoxy) is 2. The van der Waals surface area contributed by atoms with Crippen molar-refractivity contribution in [2.45, 2.75) is 46.3 Å².